The van der Waals surface area contributed by atoms with Gasteiger partial charge in [0.15, 0.2) is 0 Å². The molecular weight excluding hydrogens is 196 g/mol. The summed E-state index contributed by atoms with van der Waals surface area (Å²) in [5, 5.41) is 3.67. The summed E-state index contributed by atoms with van der Waals surface area (Å²) < 4.78 is 0. The summed E-state index contributed by atoms with van der Waals surface area (Å²) in [4.78, 5) is 2.69. The minimum Gasteiger partial charge on any atom is -0.313 e. The number of nitrogens with one attached hydrogen (secondary N) is 1. The van der Waals surface area contributed by atoms with E-state index in [2.05, 4.69) is 31.0 Å². The topological polar surface area (TPSA) is 15.3 Å². The number of unbranched alkanes of at least 4 members (excludes halogenated alkanes) is 1. The molecule has 1 rings (SSSR count). The zero-order valence-electron chi connectivity index (χ0n) is 11.5. The van der Waals surface area contributed by atoms with Crippen LogP contribution in [0.2, 0.25) is 0 Å². The van der Waals surface area contributed by atoms with Crippen LogP contribution in [0, 0.1) is 0 Å². The van der Waals surface area contributed by atoms with Crippen molar-refractivity contribution >= 4 is 0 Å². The van der Waals surface area contributed by atoms with Crippen LogP contribution < -0.4 is 5.32 Å². The van der Waals surface area contributed by atoms with Crippen LogP contribution in [0.15, 0.2) is 0 Å². The molecule has 2 heteroatoms. The van der Waals surface area contributed by atoms with Gasteiger partial charge in [0.1, 0.15) is 0 Å². The van der Waals surface area contributed by atoms with Crippen molar-refractivity contribution in [2.24, 2.45) is 0 Å². The van der Waals surface area contributed by atoms with E-state index >= 15 is 0 Å². The highest BCUT2D eigenvalue weighted by molar-refractivity contribution is 4.80. The van der Waals surface area contributed by atoms with E-state index in [0.717, 1.165) is 12.1 Å². The molecule has 1 heterocycles. The van der Waals surface area contributed by atoms with Gasteiger partial charge in [-0.2, -0.15) is 0 Å². The molecule has 1 fully saturated rings. The number of likely N-dealkylation sites (tertiary alicyclic amines) is 1. The number of nitrogens with zero attached hydrogens (tertiary/aromatic N) is 1. The van der Waals surface area contributed by atoms with E-state index in [4.69, 9.17) is 0 Å². The van der Waals surface area contributed by atoms with Gasteiger partial charge in [0, 0.05) is 18.6 Å². The second-order valence-electron chi connectivity index (χ2n) is 5.28. The zero-order valence-corrected chi connectivity index (χ0v) is 11.5. The highest BCUT2D eigenvalue weighted by Crippen LogP contribution is 2.16. The Morgan fingerprint density at radius 3 is 2.81 bits per heavy atom. The molecular formula is C14H30N2. The second kappa shape index (κ2) is 8.08. The van der Waals surface area contributed by atoms with Crippen molar-refractivity contribution in [3.8, 4) is 0 Å². The Balaban J connectivity index is 2.25. The Morgan fingerprint density at radius 2 is 2.12 bits per heavy atom. The first-order chi connectivity index (χ1) is 7.77. The summed E-state index contributed by atoms with van der Waals surface area (Å²) in [6.45, 7) is 10.7. The minimum atomic E-state index is 0.748. The lowest BCUT2D eigenvalue weighted by molar-refractivity contribution is 0.138. The predicted molar refractivity (Wildman–Crippen MR) is 71.9 cm³/mol. The van der Waals surface area contributed by atoms with Crippen LogP contribution in [-0.2, 0) is 0 Å². The van der Waals surface area contributed by atoms with E-state index in [1.807, 2.05) is 0 Å². The molecule has 2 unspecified atom stereocenters. The Kier molecular flexibility index (Phi) is 7.06. The second-order valence-corrected chi connectivity index (χ2v) is 5.28. The summed E-state index contributed by atoms with van der Waals surface area (Å²) in [7, 11) is 0. The maximum absolute atomic E-state index is 3.67. The molecule has 0 aromatic rings. The third kappa shape index (κ3) is 4.84. The molecule has 0 bridgehead atoms. The van der Waals surface area contributed by atoms with E-state index < -0.39 is 0 Å². The van der Waals surface area contributed by atoms with Crippen LogP contribution in [0.3, 0.4) is 0 Å². The van der Waals surface area contributed by atoms with E-state index in [9.17, 15) is 0 Å². The highest BCUT2D eigenvalue weighted by Gasteiger charge is 2.22. The highest BCUT2D eigenvalue weighted by atomic mass is 15.2. The van der Waals surface area contributed by atoms with Gasteiger partial charge in [-0.3, -0.25) is 4.90 Å². The third-order valence-corrected chi connectivity index (χ3v) is 3.73. The molecule has 1 saturated heterocycles. The molecule has 0 radical (unpaired) electrons. The van der Waals surface area contributed by atoms with Gasteiger partial charge < -0.3 is 5.32 Å². The van der Waals surface area contributed by atoms with Gasteiger partial charge in [0.05, 0.1) is 0 Å². The van der Waals surface area contributed by atoms with Crippen LogP contribution in [0.1, 0.15) is 59.3 Å². The molecule has 0 aromatic carbocycles. The number of piperidine rings is 1. The molecule has 1 N–H and O–H groups in total. The molecule has 2 atom stereocenters. The lowest BCUT2D eigenvalue weighted by Gasteiger charge is -2.37. The number of rotatable bonds is 7. The van der Waals surface area contributed by atoms with E-state index in [-0.39, 0.29) is 0 Å². The van der Waals surface area contributed by atoms with Crippen molar-refractivity contribution in [1.82, 2.24) is 10.2 Å². The Morgan fingerprint density at radius 1 is 1.31 bits per heavy atom. The monoisotopic (exact) mass is 226 g/mol. The molecule has 16 heavy (non-hydrogen) atoms. The third-order valence-electron chi connectivity index (χ3n) is 3.73. The van der Waals surface area contributed by atoms with Crippen molar-refractivity contribution in [3.05, 3.63) is 0 Å². The first kappa shape index (κ1) is 14.0. The van der Waals surface area contributed by atoms with Crippen molar-refractivity contribution in [2.45, 2.75) is 71.4 Å². The summed E-state index contributed by atoms with van der Waals surface area (Å²) in [5.41, 5.74) is 0. The Labute approximate surface area is 102 Å². The fourth-order valence-corrected chi connectivity index (χ4v) is 2.60. The van der Waals surface area contributed by atoms with E-state index in [1.165, 1.54) is 58.2 Å². The van der Waals surface area contributed by atoms with Crippen molar-refractivity contribution in [2.75, 3.05) is 19.6 Å². The SMILES string of the molecule is CCCCC(C)N1CCCC(NCCC)C1. The average molecular weight is 226 g/mol. The van der Waals surface area contributed by atoms with Gasteiger partial charge in [0.25, 0.3) is 0 Å². The maximum Gasteiger partial charge on any atom is 0.0195 e. The molecule has 96 valence electrons. The minimum absolute atomic E-state index is 0.748. The normalized spacial score (nSPS) is 24.6. The Bertz CT molecular complexity index is 164. The molecule has 0 aliphatic carbocycles. The lowest BCUT2D eigenvalue weighted by Crippen LogP contribution is -2.48. The largest absolute Gasteiger partial charge is 0.313 e. The van der Waals surface area contributed by atoms with Crippen LogP contribution in [0.4, 0.5) is 0 Å². The van der Waals surface area contributed by atoms with Crippen LogP contribution >= 0.6 is 0 Å². The average Bonchev–Trinajstić information content (AvgIpc) is 2.33. The van der Waals surface area contributed by atoms with Gasteiger partial charge in [-0.25, -0.2) is 0 Å². The fourth-order valence-electron chi connectivity index (χ4n) is 2.60. The molecule has 1 aliphatic heterocycles. The first-order valence-electron chi connectivity index (χ1n) is 7.25. The van der Waals surface area contributed by atoms with Crippen molar-refractivity contribution < 1.29 is 0 Å². The van der Waals surface area contributed by atoms with Gasteiger partial charge in [-0.15, -0.1) is 0 Å². The molecule has 0 aromatic heterocycles. The van der Waals surface area contributed by atoms with Crippen LogP contribution in [-0.4, -0.2) is 36.6 Å². The number of hydrogen-bond donors (Lipinski definition) is 1. The lowest BCUT2D eigenvalue weighted by atomic mass is 10.0. The van der Waals surface area contributed by atoms with Crippen molar-refractivity contribution in [3.63, 3.8) is 0 Å². The maximum atomic E-state index is 3.67. The van der Waals surface area contributed by atoms with E-state index in [1.54, 1.807) is 0 Å². The standard InChI is InChI=1S/C14H30N2/c1-4-6-8-13(3)16-11-7-9-14(12-16)15-10-5-2/h13-15H,4-12H2,1-3H3. The smallest absolute Gasteiger partial charge is 0.0195 e. The quantitative estimate of drug-likeness (QED) is 0.718. The van der Waals surface area contributed by atoms with E-state index in [0.29, 0.717) is 0 Å². The van der Waals surface area contributed by atoms with Gasteiger partial charge in [-0.1, -0.05) is 26.7 Å². The Hall–Kier alpha value is -0.0800. The summed E-state index contributed by atoms with van der Waals surface area (Å²) in [6, 6.07) is 1.53. The summed E-state index contributed by atoms with van der Waals surface area (Å²) in [5.74, 6) is 0. The molecule has 0 saturated carbocycles. The van der Waals surface area contributed by atoms with Crippen LogP contribution in [0.5, 0.6) is 0 Å². The molecule has 0 spiro atoms. The summed E-state index contributed by atoms with van der Waals surface area (Å²) >= 11 is 0. The van der Waals surface area contributed by atoms with Crippen LogP contribution in [0.25, 0.3) is 0 Å². The fraction of sp³-hybridized carbons (Fsp3) is 1.00. The van der Waals surface area contributed by atoms with Gasteiger partial charge in [-0.05, 0) is 45.7 Å². The van der Waals surface area contributed by atoms with Crippen molar-refractivity contribution in [1.29, 1.82) is 0 Å². The number of hydrogen-bond acceptors (Lipinski definition) is 2. The zero-order chi connectivity index (χ0) is 11.8. The summed E-state index contributed by atoms with van der Waals surface area (Å²) in [6.07, 6.45) is 8.08. The predicted octanol–water partition coefficient (Wildman–Crippen LogP) is 3.03. The van der Waals surface area contributed by atoms with Gasteiger partial charge in [0.2, 0.25) is 0 Å². The molecule has 0 amide bonds. The molecule has 1 aliphatic rings. The van der Waals surface area contributed by atoms with Gasteiger partial charge >= 0.3 is 0 Å². The first-order valence-corrected chi connectivity index (χ1v) is 7.25. The molecule has 2 nitrogen and oxygen atoms in total.